The van der Waals surface area contributed by atoms with E-state index in [2.05, 4.69) is 5.32 Å². The second kappa shape index (κ2) is 8.28. The summed E-state index contributed by atoms with van der Waals surface area (Å²) in [5, 5.41) is 11.9. The summed E-state index contributed by atoms with van der Waals surface area (Å²) >= 11 is 0. The van der Waals surface area contributed by atoms with Crippen molar-refractivity contribution >= 4 is 18.2 Å². The number of nitrogens with one attached hydrogen (secondary N) is 1. The van der Waals surface area contributed by atoms with Crippen LogP contribution in [-0.4, -0.2) is 52.4 Å². The van der Waals surface area contributed by atoms with Gasteiger partial charge in [-0.15, -0.1) is 0 Å². The van der Waals surface area contributed by atoms with E-state index >= 15 is 0 Å². The van der Waals surface area contributed by atoms with Gasteiger partial charge in [-0.3, -0.25) is 4.79 Å². The summed E-state index contributed by atoms with van der Waals surface area (Å²) in [5.74, 6) is -1.06. The van der Waals surface area contributed by atoms with Crippen molar-refractivity contribution in [3.8, 4) is 0 Å². The first kappa shape index (κ1) is 20.5. The van der Waals surface area contributed by atoms with Crippen molar-refractivity contribution in [1.82, 2.24) is 10.2 Å². The molecule has 8 nitrogen and oxygen atoms in total. The summed E-state index contributed by atoms with van der Waals surface area (Å²) in [5.41, 5.74) is -0.935. The SMILES string of the molecule is CC(C)(C)OC(=O)NC1(CC(=O)O)CCN(C(=O)OCc2ccccc2)C1. The van der Waals surface area contributed by atoms with E-state index in [-0.39, 0.29) is 26.1 Å². The number of carbonyl (C=O) groups excluding carboxylic acids is 2. The van der Waals surface area contributed by atoms with Gasteiger partial charge in [0.05, 0.1) is 12.0 Å². The Labute approximate surface area is 158 Å². The average molecular weight is 378 g/mol. The van der Waals surface area contributed by atoms with Crippen LogP contribution in [0.4, 0.5) is 9.59 Å². The number of carboxylic acids is 1. The number of hydrogen-bond donors (Lipinski definition) is 2. The van der Waals surface area contributed by atoms with Crippen molar-refractivity contribution in [2.75, 3.05) is 13.1 Å². The molecule has 148 valence electrons. The number of carbonyl (C=O) groups is 3. The van der Waals surface area contributed by atoms with Gasteiger partial charge >= 0.3 is 18.2 Å². The molecule has 0 aliphatic carbocycles. The first-order valence-corrected chi connectivity index (χ1v) is 8.77. The Kier molecular flexibility index (Phi) is 6.30. The molecule has 1 saturated heterocycles. The summed E-state index contributed by atoms with van der Waals surface area (Å²) in [6.07, 6.45) is -1.26. The lowest BCUT2D eigenvalue weighted by molar-refractivity contribution is -0.138. The highest BCUT2D eigenvalue weighted by molar-refractivity contribution is 5.74. The molecule has 2 N–H and O–H groups in total. The molecule has 1 aromatic rings. The van der Waals surface area contributed by atoms with Gasteiger partial charge in [0.1, 0.15) is 12.2 Å². The average Bonchev–Trinajstić information content (AvgIpc) is 2.94. The van der Waals surface area contributed by atoms with Crippen molar-refractivity contribution < 1.29 is 29.0 Å². The zero-order chi connectivity index (χ0) is 20.1. The van der Waals surface area contributed by atoms with Crippen molar-refractivity contribution in [3.05, 3.63) is 35.9 Å². The number of aliphatic carboxylic acids is 1. The molecule has 2 rings (SSSR count). The second-order valence-electron chi connectivity index (χ2n) is 7.69. The molecule has 1 atom stereocenters. The maximum absolute atomic E-state index is 12.3. The van der Waals surface area contributed by atoms with E-state index in [1.54, 1.807) is 20.8 Å². The van der Waals surface area contributed by atoms with Crippen LogP contribution in [0.3, 0.4) is 0 Å². The highest BCUT2D eigenvalue weighted by Crippen LogP contribution is 2.26. The van der Waals surface area contributed by atoms with Crippen molar-refractivity contribution in [2.24, 2.45) is 0 Å². The first-order valence-electron chi connectivity index (χ1n) is 8.77. The standard InChI is InChI=1S/C19H26N2O6/c1-18(2,3)27-16(24)20-19(11-15(22)23)9-10-21(13-19)17(25)26-12-14-7-5-4-6-8-14/h4-8H,9-13H2,1-3H3,(H,20,24)(H,22,23). The number of nitrogens with zero attached hydrogens (tertiary/aromatic N) is 1. The van der Waals surface area contributed by atoms with Gasteiger partial charge in [-0.25, -0.2) is 9.59 Å². The molecular weight excluding hydrogens is 352 g/mol. The van der Waals surface area contributed by atoms with Crippen LogP contribution >= 0.6 is 0 Å². The number of alkyl carbamates (subject to hydrolysis) is 1. The lowest BCUT2D eigenvalue weighted by atomic mass is 9.94. The Bertz CT molecular complexity index is 685. The van der Waals surface area contributed by atoms with Gasteiger partial charge < -0.3 is 24.8 Å². The van der Waals surface area contributed by atoms with Crippen molar-refractivity contribution in [2.45, 2.75) is 51.4 Å². The molecule has 0 radical (unpaired) electrons. The summed E-state index contributed by atoms with van der Waals surface area (Å²) in [4.78, 5) is 37.1. The van der Waals surface area contributed by atoms with E-state index in [4.69, 9.17) is 9.47 Å². The van der Waals surface area contributed by atoms with Crippen LogP contribution in [-0.2, 0) is 20.9 Å². The largest absolute Gasteiger partial charge is 0.481 e. The van der Waals surface area contributed by atoms with Gasteiger partial charge in [0.2, 0.25) is 0 Å². The van der Waals surface area contributed by atoms with Crippen LogP contribution in [0, 0.1) is 0 Å². The third kappa shape index (κ3) is 6.47. The number of rotatable bonds is 5. The fraction of sp³-hybridized carbons (Fsp3) is 0.526. The van der Waals surface area contributed by atoms with E-state index in [0.29, 0.717) is 6.42 Å². The third-order valence-corrected chi connectivity index (χ3v) is 4.07. The van der Waals surface area contributed by atoms with Gasteiger partial charge in [0.15, 0.2) is 0 Å². The van der Waals surface area contributed by atoms with E-state index in [9.17, 15) is 19.5 Å². The lowest BCUT2D eigenvalue weighted by Gasteiger charge is -2.30. The Morgan fingerprint density at radius 2 is 1.89 bits per heavy atom. The topological polar surface area (TPSA) is 105 Å². The van der Waals surface area contributed by atoms with Crippen molar-refractivity contribution in [1.29, 1.82) is 0 Å². The second-order valence-corrected chi connectivity index (χ2v) is 7.69. The molecular formula is C19H26N2O6. The van der Waals surface area contributed by atoms with Crippen LogP contribution in [0.1, 0.15) is 39.2 Å². The smallest absolute Gasteiger partial charge is 0.410 e. The van der Waals surface area contributed by atoms with Crippen LogP contribution in [0.5, 0.6) is 0 Å². The molecule has 1 fully saturated rings. The number of benzene rings is 1. The number of carboxylic acid groups (broad SMARTS) is 1. The molecule has 0 aromatic heterocycles. The fourth-order valence-electron chi connectivity index (χ4n) is 2.94. The van der Waals surface area contributed by atoms with Gasteiger partial charge in [-0.05, 0) is 32.8 Å². The molecule has 1 heterocycles. The first-order chi connectivity index (χ1) is 12.6. The highest BCUT2D eigenvalue weighted by Gasteiger charge is 2.44. The minimum Gasteiger partial charge on any atom is -0.481 e. The van der Waals surface area contributed by atoms with Crippen LogP contribution in [0.15, 0.2) is 30.3 Å². The van der Waals surface area contributed by atoms with Crippen LogP contribution in [0.25, 0.3) is 0 Å². The Hall–Kier alpha value is -2.77. The van der Waals surface area contributed by atoms with Crippen LogP contribution < -0.4 is 5.32 Å². The molecule has 27 heavy (non-hydrogen) atoms. The quantitative estimate of drug-likeness (QED) is 0.816. The number of amides is 2. The fourth-order valence-corrected chi connectivity index (χ4v) is 2.94. The van der Waals surface area contributed by atoms with Gasteiger partial charge in [0, 0.05) is 13.1 Å². The minimum absolute atomic E-state index is 0.0478. The summed E-state index contributed by atoms with van der Waals surface area (Å²) in [6.45, 7) is 5.62. The predicted octanol–water partition coefficient (Wildman–Crippen LogP) is 2.77. The molecule has 8 heteroatoms. The number of likely N-dealkylation sites (tertiary alicyclic amines) is 1. The lowest BCUT2D eigenvalue weighted by Crippen LogP contribution is -2.53. The molecule has 1 aromatic carbocycles. The highest BCUT2D eigenvalue weighted by atomic mass is 16.6. The normalized spacial score (nSPS) is 19.4. The van der Waals surface area contributed by atoms with E-state index in [1.165, 1.54) is 4.90 Å². The van der Waals surface area contributed by atoms with Gasteiger partial charge in [-0.2, -0.15) is 0 Å². The van der Waals surface area contributed by atoms with Gasteiger partial charge in [0.25, 0.3) is 0 Å². The summed E-state index contributed by atoms with van der Waals surface area (Å²) in [7, 11) is 0. The molecule has 1 aliphatic heterocycles. The van der Waals surface area contributed by atoms with Crippen LogP contribution in [0.2, 0.25) is 0 Å². The number of hydrogen-bond acceptors (Lipinski definition) is 5. The van der Waals surface area contributed by atoms with E-state index in [0.717, 1.165) is 5.56 Å². The Morgan fingerprint density at radius 1 is 1.22 bits per heavy atom. The maximum Gasteiger partial charge on any atom is 0.410 e. The molecule has 1 unspecified atom stereocenters. The van der Waals surface area contributed by atoms with Crippen molar-refractivity contribution in [3.63, 3.8) is 0 Å². The minimum atomic E-state index is -1.08. The zero-order valence-electron chi connectivity index (χ0n) is 15.9. The number of ether oxygens (including phenoxy) is 2. The molecule has 1 aliphatic rings. The third-order valence-electron chi connectivity index (χ3n) is 4.07. The molecule has 2 amide bonds. The zero-order valence-corrected chi connectivity index (χ0v) is 15.9. The Balaban J connectivity index is 1.98. The molecule has 0 spiro atoms. The summed E-state index contributed by atoms with van der Waals surface area (Å²) < 4.78 is 10.5. The molecule has 0 saturated carbocycles. The molecule has 0 bridgehead atoms. The van der Waals surface area contributed by atoms with E-state index < -0.39 is 29.3 Å². The van der Waals surface area contributed by atoms with Gasteiger partial charge in [-0.1, -0.05) is 30.3 Å². The maximum atomic E-state index is 12.3. The monoisotopic (exact) mass is 378 g/mol. The summed E-state index contributed by atoms with van der Waals surface area (Å²) in [6, 6.07) is 9.25. The van der Waals surface area contributed by atoms with E-state index in [1.807, 2.05) is 30.3 Å². The Morgan fingerprint density at radius 3 is 2.48 bits per heavy atom. The predicted molar refractivity (Wildman–Crippen MR) is 97.2 cm³/mol.